The van der Waals surface area contributed by atoms with Gasteiger partial charge < -0.3 is 9.80 Å². The Morgan fingerprint density at radius 3 is 2.79 bits per heavy atom. The van der Waals surface area contributed by atoms with Gasteiger partial charge in [-0.3, -0.25) is 9.59 Å². The molecule has 2 saturated heterocycles. The number of carbonyl (C=O) groups is 2. The highest BCUT2D eigenvalue weighted by Gasteiger charge is 2.44. The number of nitrogens with zero attached hydrogens (tertiary/aromatic N) is 4. The Morgan fingerprint density at radius 2 is 2.04 bits per heavy atom. The molecule has 3 fully saturated rings. The molecule has 0 unspecified atom stereocenters. The number of rotatable bonds is 3. The minimum Gasteiger partial charge on any atom is -0.337 e. The molecular weight excluding hydrogens is 304 g/mol. The second-order valence-corrected chi connectivity index (χ2v) is 8.22. The number of hydrazone groups is 1. The molecule has 3 heterocycles. The van der Waals surface area contributed by atoms with Crippen molar-refractivity contribution in [3.05, 3.63) is 0 Å². The van der Waals surface area contributed by atoms with E-state index < -0.39 is 0 Å². The van der Waals surface area contributed by atoms with Gasteiger partial charge in [-0.05, 0) is 44.6 Å². The molecule has 1 aliphatic carbocycles. The molecule has 24 heavy (non-hydrogen) atoms. The van der Waals surface area contributed by atoms with E-state index in [2.05, 4.69) is 10.0 Å². The summed E-state index contributed by atoms with van der Waals surface area (Å²) in [5.41, 5.74) is 0.847. The maximum absolute atomic E-state index is 12.8. The van der Waals surface area contributed by atoms with Gasteiger partial charge in [0.2, 0.25) is 5.91 Å². The number of hydrogen-bond acceptors (Lipinski definition) is 4. The zero-order chi connectivity index (χ0) is 16.7. The summed E-state index contributed by atoms with van der Waals surface area (Å²) >= 11 is 0. The van der Waals surface area contributed by atoms with Crippen LogP contribution in [0.1, 0.15) is 44.9 Å². The highest BCUT2D eigenvalue weighted by atomic mass is 16.2. The minimum absolute atomic E-state index is 0.00700. The van der Waals surface area contributed by atoms with Crippen LogP contribution in [0.5, 0.6) is 0 Å². The van der Waals surface area contributed by atoms with E-state index >= 15 is 0 Å². The predicted molar refractivity (Wildman–Crippen MR) is 91.5 cm³/mol. The molecule has 4 aliphatic rings. The van der Waals surface area contributed by atoms with E-state index in [4.69, 9.17) is 0 Å². The standard InChI is InChI=1S/C18H28N4O2/c1-20-16(23)6-5-15(19-20)17(24)22-10-8-18(13-22)7-2-9-21(12-18)11-14-3-4-14/h14H,2-13H2,1H3/t18-/m0/s1. The zero-order valence-electron chi connectivity index (χ0n) is 14.7. The van der Waals surface area contributed by atoms with Crippen molar-refractivity contribution in [3.8, 4) is 0 Å². The third-order valence-electron chi connectivity index (χ3n) is 6.13. The van der Waals surface area contributed by atoms with Gasteiger partial charge in [-0.15, -0.1) is 0 Å². The summed E-state index contributed by atoms with van der Waals surface area (Å²) in [4.78, 5) is 29.0. The number of piperidine rings is 1. The van der Waals surface area contributed by atoms with Crippen LogP contribution in [0.3, 0.4) is 0 Å². The van der Waals surface area contributed by atoms with Gasteiger partial charge in [0.1, 0.15) is 5.71 Å². The first-order chi connectivity index (χ1) is 11.5. The second kappa shape index (κ2) is 6.14. The molecule has 2 amide bonds. The van der Waals surface area contributed by atoms with Gasteiger partial charge in [-0.2, -0.15) is 5.10 Å². The Hall–Kier alpha value is -1.43. The van der Waals surface area contributed by atoms with Crippen LogP contribution in [0, 0.1) is 11.3 Å². The highest BCUT2D eigenvalue weighted by molar-refractivity contribution is 6.39. The van der Waals surface area contributed by atoms with Gasteiger partial charge >= 0.3 is 0 Å². The van der Waals surface area contributed by atoms with E-state index in [1.165, 1.54) is 43.8 Å². The van der Waals surface area contributed by atoms with Gasteiger partial charge in [0, 0.05) is 51.5 Å². The van der Waals surface area contributed by atoms with Crippen molar-refractivity contribution >= 4 is 17.5 Å². The highest BCUT2D eigenvalue weighted by Crippen LogP contribution is 2.40. The van der Waals surface area contributed by atoms with Crippen LogP contribution in [-0.2, 0) is 9.59 Å². The summed E-state index contributed by atoms with van der Waals surface area (Å²) in [6, 6.07) is 0. The molecule has 0 aromatic heterocycles. The third-order valence-corrected chi connectivity index (χ3v) is 6.13. The Bertz CT molecular complexity index is 571. The fraction of sp³-hybridized carbons (Fsp3) is 0.833. The first kappa shape index (κ1) is 16.1. The lowest BCUT2D eigenvalue weighted by Gasteiger charge is -2.40. The van der Waals surface area contributed by atoms with Crippen molar-refractivity contribution in [1.82, 2.24) is 14.8 Å². The maximum Gasteiger partial charge on any atom is 0.270 e. The lowest BCUT2D eigenvalue weighted by Crippen LogP contribution is -2.47. The molecular formula is C18H28N4O2. The summed E-state index contributed by atoms with van der Waals surface area (Å²) in [6.45, 7) is 5.34. The van der Waals surface area contributed by atoms with E-state index in [-0.39, 0.29) is 11.8 Å². The van der Waals surface area contributed by atoms with E-state index in [0.717, 1.165) is 32.0 Å². The Balaban J connectivity index is 1.39. The monoisotopic (exact) mass is 332 g/mol. The van der Waals surface area contributed by atoms with E-state index in [0.29, 0.717) is 24.0 Å². The van der Waals surface area contributed by atoms with Crippen molar-refractivity contribution in [2.45, 2.75) is 44.9 Å². The van der Waals surface area contributed by atoms with Crippen molar-refractivity contribution in [2.75, 3.05) is 39.8 Å². The second-order valence-electron chi connectivity index (χ2n) is 8.22. The molecule has 1 atom stereocenters. The summed E-state index contributed by atoms with van der Waals surface area (Å²) in [6.07, 6.45) is 7.30. The van der Waals surface area contributed by atoms with Crippen LogP contribution >= 0.6 is 0 Å². The van der Waals surface area contributed by atoms with Crippen molar-refractivity contribution in [2.24, 2.45) is 16.4 Å². The van der Waals surface area contributed by atoms with Crippen LogP contribution in [0.15, 0.2) is 5.10 Å². The van der Waals surface area contributed by atoms with E-state index in [9.17, 15) is 9.59 Å². The molecule has 0 aromatic rings. The molecule has 0 N–H and O–H groups in total. The van der Waals surface area contributed by atoms with Crippen LogP contribution < -0.4 is 0 Å². The maximum atomic E-state index is 12.8. The predicted octanol–water partition coefficient (Wildman–Crippen LogP) is 1.32. The zero-order valence-corrected chi connectivity index (χ0v) is 14.7. The van der Waals surface area contributed by atoms with Crippen molar-refractivity contribution in [3.63, 3.8) is 0 Å². The fourth-order valence-corrected chi connectivity index (χ4v) is 4.58. The normalized spacial score (nSPS) is 31.7. The molecule has 132 valence electrons. The van der Waals surface area contributed by atoms with Gasteiger partial charge in [0.05, 0.1) is 0 Å². The Labute approximate surface area is 143 Å². The fourth-order valence-electron chi connectivity index (χ4n) is 4.58. The SMILES string of the molecule is CN1N=C(C(=O)N2CC[C@]3(CCCN(CC4CC4)C3)C2)CCC1=O. The average Bonchev–Trinajstić information content (AvgIpc) is 3.29. The Kier molecular flexibility index (Phi) is 4.11. The minimum atomic E-state index is -0.00700. The number of likely N-dealkylation sites (tertiary alicyclic amines) is 2. The summed E-state index contributed by atoms with van der Waals surface area (Å²) in [7, 11) is 1.64. The van der Waals surface area contributed by atoms with Crippen molar-refractivity contribution in [1.29, 1.82) is 0 Å². The summed E-state index contributed by atoms with van der Waals surface area (Å²) in [5.74, 6) is 0.974. The number of hydrogen-bond donors (Lipinski definition) is 0. The molecule has 6 nitrogen and oxygen atoms in total. The van der Waals surface area contributed by atoms with Crippen molar-refractivity contribution < 1.29 is 9.59 Å². The van der Waals surface area contributed by atoms with E-state index in [1.54, 1.807) is 7.05 Å². The Morgan fingerprint density at radius 1 is 1.21 bits per heavy atom. The molecule has 0 aromatic carbocycles. The molecule has 3 aliphatic heterocycles. The van der Waals surface area contributed by atoms with Crippen LogP contribution in [0.4, 0.5) is 0 Å². The molecule has 4 rings (SSSR count). The summed E-state index contributed by atoms with van der Waals surface area (Å²) in [5, 5.41) is 5.52. The lowest BCUT2D eigenvalue weighted by molar-refractivity contribution is -0.130. The topological polar surface area (TPSA) is 56.2 Å². The largest absolute Gasteiger partial charge is 0.337 e. The molecule has 6 heteroatoms. The van der Waals surface area contributed by atoms with Crippen LogP contribution in [0.2, 0.25) is 0 Å². The molecule has 1 saturated carbocycles. The quantitative estimate of drug-likeness (QED) is 0.783. The third kappa shape index (κ3) is 3.21. The number of amides is 2. The first-order valence-electron chi connectivity index (χ1n) is 9.40. The molecule has 1 spiro atoms. The smallest absolute Gasteiger partial charge is 0.270 e. The van der Waals surface area contributed by atoms with Gasteiger partial charge in [-0.1, -0.05) is 0 Å². The van der Waals surface area contributed by atoms with Gasteiger partial charge in [0.15, 0.2) is 0 Å². The van der Waals surface area contributed by atoms with E-state index in [1.807, 2.05) is 4.90 Å². The van der Waals surface area contributed by atoms with Gasteiger partial charge in [-0.25, -0.2) is 5.01 Å². The molecule has 0 radical (unpaired) electrons. The summed E-state index contributed by atoms with van der Waals surface area (Å²) < 4.78 is 0. The number of carbonyl (C=O) groups excluding carboxylic acids is 2. The lowest BCUT2D eigenvalue weighted by atomic mass is 9.79. The van der Waals surface area contributed by atoms with Crippen LogP contribution in [0.25, 0.3) is 0 Å². The first-order valence-corrected chi connectivity index (χ1v) is 9.40. The van der Waals surface area contributed by atoms with Crippen LogP contribution in [-0.4, -0.2) is 72.1 Å². The van der Waals surface area contributed by atoms with Gasteiger partial charge in [0.25, 0.3) is 5.91 Å². The molecule has 0 bridgehead atoms. The average molecular weight is 332 g/mol.